The van der Waals surface area contributed by atoms with E-state index < -0.39 is 0 Å². The van der Waals surface area contributed by atoms with Crippen LogP contribution in [0.4, 0.5) is 5.69 Å². The lowest BCUT2D eigenvalue weighted by atomic mass is 10.0. The van der Waals surface area contributed by atoms with Crippen molar-refractivity contribution in [2.45, 2.75) is 11.6 Å². The first-order valence-corrected chi connectivity index (χ1v) is 8.59. The quantitative estimate of drug-likeness (QED) is 0.702. The monoisotopic (exact) mass is 338 g/mol. The highest BCUT2D eigenvalue weighted by atomic mass is 32.2. The number of nitrogens with one attached hydrogen (secondary N) is 1. The topological polar surface area (TPSA) is 59.8 Å². The van der Waals surface area contributed by atoms with E-state index in [1.165, 1.54) is 17.3 Å². The normalized spacial score (nSPS) is 10.5. The van der Waals surface area contributed by atoms with Crippen LogP contribution in [0.1, 0.15) is 11.1 Å². The van der Waals surface area contributed by atoms with Gasteiger partial charge < -0.3 is 9.88 Å². The lowest BCUT2D eigenvalue weighted by molar-refractivity contribution is -0.113. The van der Waals surface area contributed by atoms with Crippen LogP contribution < -0.4 is 5.32 Å². The lowest BCUT2D eigenvalue weighted by Crippen LogP contribution is -2.15. The molecule has 0 aliphatic carbocycles. The molecule has 0 saturated carbocycles. The summed E-state index contributed by atoms with van der Waals surface area (Å²) >= 11 is 1.37. The van der Waals surface area contributed by atoms with Crippen molar-refractivity contribution in [2.24, 2.45) is 7.05 Å². The van der Waals surface area contributed by atoms with Gasteiger partial charge in [-0.2, -0.15) is 0 Å². The maximum absolute atomic E-state index is 12.2. The predicted molar refractivity (Wildman–Crippen MR) is 96.0 cm³/mol. The first-order chi connectivity index (χ1) is 11.7. The van der Waals surface area contributed by atoms with Gasteiger partial charge in [-0.25, -0.2) is 0 Å². The number of thioether (sulfide) groups is 1. The van der Waals surface area contributed by atoms with Crippen LogP contribution in [0, 0.1) is 0 Å². The fourth-order valence-electron chi connectivity index (χ4n) is 2.33. The molecule has 3 aromatic rings. The highest BCUT2D eigenvalue weighted by molar-refractivity contribution is 7.99. The fourth-order valence-corrected chi connectivity index (χ4v) is 3.02. The van der Waals surface area contributed by atoms with Gasteiger partial charge in [0.2, 0.25) is 5.91 Å². The molecule has 0 saturated heterocycles. The van der Waals surface area contributed by atoms with Crippen LogP contribution in [0.2, 0.25) is 0 Å². The largest absolute Gasteiger partial charge is 0.325 e. The average Bonchev–Trinajstić information content (AvgIpc) is 3.01. The van der Waals surface area contributed by atoms with Gasteiger partial charge in [-0.1, -0.05) is 60.3 Å². The van der Waals surface area contributed by atoms with Gasteiger partial charge in [0.25, 0.3) is 0 Å². The number of para-hydroxylation sites is 1. The number of benzene rings is 2. The third kappa shape index (κ3) is 4.23. The molecular formula is C18H18N4OS. The average molecular weight is 338 g/mol. The first-order valence-electron chi connectivity index (χ1n) is 7.61. The van der Waals surface area contributed by atoms with Crippen molar-refractivity contribution < 1.29 is 4.79 Å². The Balaban J connectivity index is 1.64. The Labute approximate surface area is 145 Å². The Morgan fingerprint density at radius 1 is 1.12 bits per heavy atom. The Morgan fingerprint density at radius 3 is 2.62 bits per heavy atom. The molecule has 0 unspecified atom stereocenters. The Bertz CT molecular complexity index is 817. The number of nitrogens with zero attached hydrogens (tertiary/aromatic N) is 3. The maximum Gasteiger partial charge on any atom is 0.234 e. The molecule has 5 nitrogen and oxygen atoms in total. The lowest BCUT2D eigenvalue weighted by Gasteiger charge is -2.11. The molecule has 0 bridgehead atoms. The van der Waals surface area contributed by atoms with E-state index in [0.717, 1.165) is 22.8 Å². The standard InChI is InChI=1S/C18H18N4OS/c1-22-13-19-21-18(22)24-12-17(23)20-16-10-6-5-9-15(16)11-14-7-3-2-4-8-14/h2-10,13H,11-12H2,1H3,(H,20,23). The molecular weight excluding hydrogens is 320 g/mol. The summed E-state index contributed by atoms with van der Waals surface area (Å²) in [5.74, 6) is 0.246. The molecule has 1 amide bonds. The molecule has 0 aliphatic heterocycles. The van der Waals surface area contributed by atoms with Crippen LogP contribution in [0.3, 0.4) is 0 Å². The molecule has 1 aromatic heterocycles. The molecule has 122 valence electrons. The van der Waals surface area contributed by atoms with E-state index in [9.17, 15) is 4.79 Å². The zero-order valence-electron chi connectivity index (χ0n) is 13.3. The van der Waals surface area contributed by atoms with Crippen molar-refractivity contribution in [1.82, 2.24) is 14.8 Å². The highest BCUT2D eigenvalue weighted by Gasteiger charge is 2.10. The minimum Gasteiger partial charge on any atom is -0.325 e. The summed E-state index contributed by atoms with van der Waals surface area (Å²) in [4.78, 5) is 12.2. The summed E-state index contributed by atoms with van der Waals surface area (Å²) in [5.41, 5.74) is 3.17. The number of anilines is 1. The van der Waals surface area contributed by atoms with Gasteiger partial charge in [-0.3, -0.25) is 4.79 Å². The van der Waals surface area contributed by atoms with Crippen LogP contribution in [0.5, 0.6) is 0 Å². The molecule has 0 aliphatic rings. The second-order valence-electron chi connectivity index (χ2n) is 5.38. The second-order valence-corrected chi connectivity index (χ2v) is 6.32. The molecule has 3 rings (SSSR count). The minimum atomic E-state index is -0.0523. The maximum atomic E-state index is 12.2. The fraction of sp³-hybridized carbons (Fsp3) is 0.167. The summed E-state index contributed by atoms with van der Waals surface area (Å²) in [6.07, 6.45) is 2.41. The Morgan fingerprint density at radius 2 is 1.88 bits per heavy atom. The number of carbonyl (C=O) groups is 1. The van der Waals surface area contributed by atoms with Crippen molar-refractivity contribution >= 4 is 23.4 Å². The molecule has 1 N–H and O–H groups in total. The van der Waals surface area contributed by atoms with E-state index in [1.54, 1.807) is 10.9 Å². The number of aromatic nitrogens is 3. The first kappa shape index (κ1) is 16.3. The van der Waals surface area contributed by atoms with E-state index in [4.69, 9.17) is 0 Å². The van der Waals surface area contributed by atoms with Crippen LogP contribution in [-0.4, -0.2) is 26.4 Å². The van der Waals surface area contributed by atoms with Gasteiger partial charge in [0.05, 0.1) is 5.75 Å². The molecule has 0 radical (unpaired) electrons. The van der Waals surface area contributed by atoms with Gasteiger partial charge in [0.1, 0.15) is 6.33 Å². The predicted octanol–water partition coefficient (Wildman–Crippen LogP) is 3.14. The van der Waals surface area contributed by atoms with Gasteiger partial charge in [0.15, 0.2) is 5.16 Å². The van der Waals surface area contributed by atoms with E-state index in [2.05, 4.69) is 27.6 Å². The summed E-state index contributed by atoms with van der Waals surface area (Å²) in [6.45, 7) is 0. The number of hydrogen-bond acceptors (Lipinski definition) is 4. The second kappa shape index (κ2) is 7.79. The molecule has 1 heterocycles. The van der Waals surface area contributed by atoms with Crippen molar-refractivity contribution in [3.05, 3.63) is 72.1 Å². The molecule has 0 spiro atoms. The summed E-state index contributed by atoms with van der Waals surface area (Å²) in [7, 11) is 1.86. The van der Waals surface area contributed by atoms with Crippen LogP contribution in [0.15, 0.2) is 66.1 Å². The van der Waals surface area contributed by atoms with Gasteiger partial charge >= 0.3 is 0 Å². The van der Waals surface area contributed by atoms with E-state index in [-0.39, 0.29) is 5.91 Å². The number of hydrogen-bond donors (Lipinski definition) is 1. The van der Waals surface area contributed by atoms with Crippen molar-refractivity contribution in [3.63, 3.8) is 0 Å². The third-order valence-electron chi connectivity index (χ3n) is 3.53. The number of rotatable bonds is 6. The van der Waals surface area contributed by atoms with Gasteiger partial charge in [0, 0.05) is 12.7 Å². The van der Waals surface area contributed by atoms with Crippen molar-refractivity contribution in [1.29, 1.82) is 0 Å². The van der Waals surface area contributed by atoms with E-state index in [0.29, 0.717) is 5.75 Å². The number of amides is 1. The van der Waals surface area contributed by atoms with Gasteiger partial charge in [-0.05, 0) is 23.6 Å². The third-order valence-corrected chi connectivity index (χ3v) is 4.57. The smallest absolute Gasteiger partial charge is 0.234 e. The van der Waals surface area contributed by atoms with E-state index >= 15 is 0 Å². The zero-order valence-corrected chi connectivity index (χ0v) is 14.2. The Hall–Kier alpha value is -2.60. The molecule has 2 aromatic carbocycles. The molecule has 6 heteroatoms. The van der Waals surface area contributed by atoms with Crippen LogP contribution in [0.25, 0.3) is 0 Å². The molecule has 0 atom stereocenters. The molecule has 24 heavy (non-hydrogen) atoms. The number of aryl methyl sites for hydroxylation is 1. The van der Waals surface area contributed by atoms with Crippen molar-refractivity contribution in [2.75, 3.05) is 11.1 Å². The van der Waals surface area contributed by atoms with Crippen LogP contribution in [-0.2, 0) is 18.3 Å². The number of carbonyl (C=O) groups excluding carboxylic acids is 1. The highest BCUT2D eigenvalue weighted by Crippen LogP contribution is 2.20. The molecule has 0 fully saturated rings. The SMILES string of the molecule is Cn1cnnc1SCC(=O)Nc1ccccc1Cc1ccccc1. The van der Waals surface area contributed by atoms with Crippen molar-refractivity contribution in [3.8, 4) is 0 Å². The summed E-state index contributed by atoms with van der Waals surface area (Å²) in [5, 5.41) is 11.5. The van der Waals surface area contributed by atoms with Gasteiger partial charge in [-0.15, -0.1) is 10.2 Å². The summed E-state index contributed by atoms with van der Waals surface area (Å²) in [6, 6.07) is 18.1. The summed E-state index contributed by atoms with van der Waals surface area (Å²) < 4.78 is 1.79. The Kier molecular flexibility index (Phi) is 5.28. The van der Waals surface area contributed by atoms with Crippen LogP contribution >= 0.6 is 11.8 Å². The zero-order chi connectivity index (χ0) is 16.8. The minimum absolute atomic E-state index is 0.0523. The van der Waals surface area contributed by atoms with E-state index in [1.807, 2.05) is 49.5 Å².